The standard InChI is InChI=1S/C47H93N2O6P/c1-6-8-10-12-14-16-18-20-21-22-23-24-25-26-27-28-29-30-32-34-36-38-40-46(50)45(44-55-56(52,53)54-43-42-49(3,4)5)48-47(51)41-39-37-35-33-31-19-17-15-13-11-9-7-2/h15,17,38,40,45-46,50H,6-14,16,18-37,39,41-44H2,1-5H3,(H-,48,51,52,53)/p+1/b17-15-,40-38+. The molecule has 0 aliphatic rings. The van der Waals surface area contributed by atoms with Crippen LogP contribution >= 0.6 is 7.82 Å². The summed E-state index contributed by atoms with van der Waals surface area (Å²) in [4.78, 5) is 23.1. The molecular weight excluding hydrogens is 719 g/mol. The molecule has 9 heteroatoms. The number of phosphoric ester groups is 1. The maximum Gasteiger partial charge on any atom is 0.472 e. The number of nitrogens with zero attached hydrogens (tertiary/aromatic N) is 1. The second-order valence-electron chi connectivity index (χ2n) is 17.5. The van der Waals surface area contributed by atoms with Gasteiger partial charge in [-0.2, -0.15) is 0 Å². The summed E-state index contributed by atoms with van der Waals surface area (Å²) in [5.41, 5.74) is 0. The Morgan fingerprint density at radius 3 is 1.41 bits per heavy atom. The van der Waals surface area contributed by atoms with E-state index >= 15 is 0 Å². The molecule has 0 radical (unpaired) electrons. The lowest BCUT2D eigenvalue weighted by Gasteiger charge is -2.25. The van der Waals surface area contributed by atoms with Crippen molar-refractivity contribution in [3.8, 4) is 0 Å². The molecule has 332 valence electrons. The first kappa shape index (κ1) is 55.0. The Morgan fingerprint density at radius 1 is 0.589 bits per heavy atom. The number of nitrogens with one attached hydrogen (secondary N) is 1. The van der Waals surface area contributed by atoms with Crippen molar-refractivity contribution in [1.82, 2.24) is 5.32 Å². The van der Waals surface area contributed by atoms with Crippen LogP contribution in [0.2, 0.25) is 0 Å². The fraction of sp³-hybridized carbons (Fsp3) is 0.894. The zero-order valence-corrected chi connectivity index (χ0v) is 38.5. The largest absolute Gasteiger partial charge is 0.472 e. The van der Waals surface area contributed by atoms with Crippen molar-refractivity contribution in [2.45, 2.75) is 231 Å². The van der Waals surface area contributed by atoms with Crippen molar-refractivity contribution < 1.29 is 32.9 Å². The van der Waals surface area contributed by atoms with Crippen LogP contribution in [0.5, 0.6) is 0 Å². The highest BCUT2D eigenvalue weighted by Crippen LogP contribution is 2.43. The number of rotatable bonds is 43. The molecule has 0 aromatic rings. The van der Waals surface area contributed by atoms with E-state index < -0.39 is 20.0 Å². The van der Waals surface area contributed by atoms with Crippen LogP contribution < -0.4 is 5.32 Å². The zero-order valence-electron chi connectivity index (χ0n) is 37.6. The Bertz CT molecular complexity index is 969. The number of phosphoric acid groups is 1. The summed E-state index contributed by atoms with van der Waals surface area (Å²) in [7, 11) is 1.57. The fourth-order valence-corrected chi connectivity index (χ4v) is 7.60. The van der Waals surface area contributed by atoms with Crippen LogP contribution in [-0.4, -0.2) is 73.4 Å². The smallest absolute Gasteiger partial charge is 0.387 e. The molecule has 3 N–H and O–H groups in total. The molecule has 0 rings (SSSR count). The molecule has 0 aliphatic carbocycles. The fourth-order valence-electron chi connectivity index (χ4n) is 6.86. The van der Waals surface area contributed by atoms with Crippen molar-refractivity contribution in [2.24, 2.45) is 0 Å². The third-order valence-corrected chi connectivity index (χ3v) is 11.6. The molecule has 3 atom stereocenters. The first-order chi connectivity index (χ1) is 27.0. The van der Waals surface area contributed by atoms with Gasteiger partial charge in [0.25, 0.3) is 0 Å². The summed E-state index contributed by atoms with van der Waals surface area (Å²) in [6, 6.07) is -0.847. The summed E-state index contributed by atoms with van der Waals surface area (Å²) in [5, 5.41) is 13.8. The van der Waals surface area contributed by atoms with Gasteiger partial charge < -0.3 is 19.8 Å². The number of hydrogen-bond donors (Lipinski definition) is 3. The number of allylic oxidation sites excluding steroid dienone is 3. The van der Waals surface area contributed by atoms with E-state index in [1.165, 1.54) is 148 Å². The van der Waals surface area contributed by atoms with E-state index in [9.17, 15) is 19.4 Å². The Morgan fingerprint density at radius 2 is 0.964 bits per heavy atom. The van der Waals surface area contributed by atoms with Gasteiger partial charge >= 0.3 is 7.82 Å². The van der Waals surface area contributed by atoms with Gasteiger partial charge in [-0.15, -0.1) is 0 Å². The zero-order chi connectivity index (χ0) is 41.4. The molecule has 1 amide bonds. The van der Waals surface area contributed by atoms with Crippen LogP contribution in [0, 0.1) is 0 Å². The second-order valence-corrected chi connectivity index (χ2v) is 18.9. The molecule has 8 nitrogen and oxygen atoms in total. The Labute approximate surface area is 347 Å². The number of carbonyl (C=O) groups excluding carboxylic acids is 1. The van der Waals surface area contributed by atoms with Gasteiger partial charge in [0, 0.05) is 6.42 Å². The SMILES string of the molecule is CCCCC/C=C\CCCCCCCC(=O)NC(COP(=O)(O)OCC[N+](C)(C)C)C(O)/C=C/CCCCCCCCCCCCCCCCCCCCCC. The molecule has 0 aliphatic heterocycles. The van der Waals surface area contributed by atoms with Gasteiger partial charge in [-0.25, -0.2) is 4.57 Å². The Hall–Kier alpha value is -1.02. The van der Waals surface area contributed by atoms with E-state index in [1.54, 1.807) is 6.08 Å². The molecule has 0 saturated carbocycles. The molecule has 0 heterocycles. The van der Waals surface area contributed by atoms with E-state index in [0.717, 1.165) is 51.4 Å². The van der Waals surface area contributed by atoms with Crippen LogP contribution in [0.4, 0.5) is 0 Å². The summed E-state index contributed by atoms with van der Waals surface area (Å²) < 4.78 is 23.6. The Balaban J connectivity index is 4.30. The van der Waals surface area contributed by atoms with E-state index in [0.29, 0.717) is 17.4 Å². The van der Waals surface area contributed by atoms with Gasteiger partial charge in [0.1, 0.15) is 13.2 Å². The molecule has 0 bridgehead atoms. The number of quaternary nitrogens is 1. The number of amides is 1. The summed E-state index contributed by atoms with van der Waals surface area (Å²) in [6.45, 7) is 4.79. The molecule has 3 unspecified atom stereocenters. The molecule has 0 aromatic heterocycles. The van der Waals surface area contributed by atoms with Crippen LogP contribution in [0.3, 0.4) is 0 Å². The van der Waals surface area contributed by atoms with Crippen LogP contribution in [0.1, 0.15) is 219 Å². The average molecular weight is 814 g/mol. The topological polar surface area (TPSA) is 105 Å². The number of hydrogen-bond acceptors (Lipinski definition) is 5. The first-order valence-corrected chi connectivity index (χ1v) is 25.2. The number of likely N-dealkylation sites (N-methyl/N-ethyl adjacent to an activating group) is 1. The van der Waals surface area contributed by atoms with Gasteiger partial charge in [-0.05, 0) is 44.9 Å². The van der Waals surface area contributed by atoms with Crippen LogP contribution in [0.15, 0.2) is 24.3 Å². The van der Waals surface area contributed by atoms with Crippen molar-refractivity contribution in [3.63, 3.8) is 0 Å². The van der Waals surface area contributed by atoms with E-state index in [2.05, 4.69) is 31.3 Å². The van der Waals surface area contributed by atoms with Gasteiger partial charge in [-0.1, -0.05) is 192 Å². The molecule has 0 fully saturated rings. The quantitative estimate of drug-likeness (QED) is 0.0245. The number of unbranched alkanes of at least 4 members (excludes halogenated alkanes) is 28. The van der Waals surface area contributed by atoms with Crippen molar-refractivity contribution in [3.05, 3.63) is 24.3 Å². The van der Waals surface area contributed by atoms with Gasteiger partial charge in [0.2, 0.25) is 5.91 Å². The second kappa shape index (κ2) is 39.4. The molecule has 0 saturated heterocycles. The number of aliphatic hydroxyl groups is 1. The molecule has 56 heavy (non-hydrogen) atoms. The Kier molecular flexibility index (Phi) is 38.7. The highest BCUT2D eigenvalue weighted by atomic mass is 31.2. The van der Waals surface area contributed by atoms with Gasteiger partial charge in [-0.3, -0.25) is 13.8 Å². The lowest BCUT2D eigenvalue weighted by molar-refractivity contribution is -0.870. The lowest BCUT2D eigenvalue weighted by atomic mass is 10.0. The molecule has 0 spiro atoms. The minimum absolute atomic E-state index is 0.0610. The predicted molar refractivity (Wildman–Crippen MR) is 240 cm³/mol. The normalized spacial score (nSPS) is 14.5. The third-order valence-electron chi connectivity index (χ3n) is 10.7. The predicted octanol–water partition coefficient (Wildman–Crippen LogP) is 13.3. The average Bonchev–Trinajstić information content (AvgIpc) is 3.15. The number of carbonyl (C=O) groups is 1. The van der Waals surface area contributed by atoms with Crippen molar-refractivity contribution in [1.29, 1.82) is 0 Å². The molecule has 0 aromatic carbocycles. The van der Waals surface area contributed by atoms with Crippen molar-refractivity contribution in [2.75, 3.05) is 40.9 Å². The maximum atomic E-state index is 12.8. The number of aliphatic hydroxyl groups excluding tert-OH is 1. The third kappa shape index (κ3) is 41.2. The van der Waals surface area contributed by atoms with Crippen LogP contribution in [-0.2, 0) is 18.4 Å². The summed E-state index contributed by atoms with van der Waals surface area (Å²) >= 11 is 0. The molecular formula is C47H94N2O6P+. The van der Waals surface area contributed by atoms with Gasteiger partial charge in [0.05, 0.1) is 39.9 Å². The van der Waals surface area contributed by atoms with E-state index in [4.69, 9.17) is 9.05 Å². The van der Waals surface area contributed by atoms with Crippen LogP contribution in [0.25, 0.3) is 0 Å². The van der Waals surface area contributed by atoms with Crippen molar-refractivity contribution >= 4 is 13.7 Å². The minimum atomic E-state index is -4.34. The van der Waals surface area contributed by atoms with E-state index in [1.807, 2.05) is 27.2 Å². The minimum Gasteiger partial charge on any atom is -0.387 e. The summed E-state index contributed by atoms with van der Waals surface area (Å²) in [6.07, 6.45) is 46.8. The monoisotopic (exact) mass is 814 g/mol. The van der Waals surface area contributed by atoms with E-state index in [-0.39, 0.29) is 19.1 Å². The highest BCUT2D eigenvalue weighted by Gasteiger charge is 2.27. The lowest BCUT2D eigenvalue weighted by Crippen LogP contribution is -2.45. The summed E-state index contributed by atoms with van der Waals surface area (Å²) in [5.74, 6) is -0.186. The van der Waals surface area contributed by atoms with Gasteiger partial charge in [0.15, 0.2) is 0 Å². The maximum absolute atomic E-state index is 12.8. The highest BCUT2D eigenvalue weighted by molar-refractivity contribution is 7.47. The first-order valence-electron chi connectivity index (χ1n) is 23.7.